The molecule has 2 heterocycles. The first-order valence-corrected chi connectivity index (χ1v) is 10.7. The molecule has 0 saturated heterocycles. The maximum absolute atomic E-state index is 13.1. The fourth-order valence-corrected chi connectivity index (χ4v) is 4.56. The molecule has 2 aromatic carbocycles. The molecule has 4 aromatic rings. The fourth-order valence-electron chi connectivity index (χ4n) is 3.53. The predicted octanol–water partition coefficient (Wildman–Crippen LogP) is 4.73. The Labute approximate surface area is 182 Å². The van der Waals surface area contributed by atoms with Gasteiger partial charge in [0.1, 0.15) is 11.4 Å². The van der Waals surface area contributed by atoms with Crippen LogP contribution in [0.25, 0.3) is 10.2 Å². The highest BCUT2D eigenvalue weighted by molar-refractivity contribution is 7.22. The number of para-hydroxylation sites is 1. The van der Waals surface area contributed by atoms with Gasteiger partial charge in [-0.05, 0) is 50.6 Å². The van der Waals surface area contributed by atoms with Gasteiger partial charge in [0, 0.05) is 12.1 Å². The fraction of sp³-hybridized carbons (Fsp3) is 0.227. The first-order valence-electron chi connectivity index (χ1n) is 9.83. The summed E-state index contributed by atoms with van der Waals surface area (Å²) in [6.45, 7) is 6.15. The van der Waals surface area contributed by atoms with Crippen molar-refractivity contribution in [1.29, 1.82) is 0 Å². The van der Waals surface area contributed by atoms with Gasteiger partial charge < -0.3 is 0 Å². The summed E-state index contributed by atoms with van der Waals surface area (Å²) in [5, 5.41) is 16.2. The molecule has 8 nitrogen and oxygen atoms in total. The third kappa shape index (κ3) is 3.91. The number of nitro groups is 1. The van der Waals surface area contributed by atoms with E-state index in [9.17, 15) is 14.9 Å². The van der Waals surface area contributed by atoms with E-state index in [-0.39, 0.29) is 11.6 Å². The van der Waals surface area contributed by atoms with E-state index in [1.165, 1.54) is 11.3 Å². The summed E-state index contributed by atoms with van der Waals surface area (Å²) in [4.78, 5) is 30.2. The van der Waals surface area contributed by atoms with E-state index in [1.54, 1.807) is 35.6 Å². The van der Waals surface area contributed by atoms with Crippen LogP contribution in [-0.4, -0.2) is 32.1 Å². The van der Waals surface area contributed by atoms with Crippen molar-refractivity contribution in [3.05, 3.63) is 81.2 Å². The SMILES string of the molecule is CCN(C(=O)c1ccc(Cn2nc(C)c([N+](=O)[O-])c2C)cc1)c1nc2ccccc2s1. The van der Waals surface area contributed by atoms with Gasteiger partial charge in [-0.3, -0.25) is 24.5 Å². The summed E-state index contributed by atoms with van der Waals surface area (Å²) in [7, 11) is 0. The number of thiazole rings is 1. The van der Waals surface area contributed by atoms with Crippen LogP contribution in [0.4, 0.5) is 10.8 Å². The Morgan fingerprint density at radius 1 is 1.16 bits per heavy atom. The van der Waals surface area contributed by atoms with Crippen LogP contribution in [0.1, 0.15) is 34.2 Å². The van der Waals surface area contributed by atoms with Gasteiger partial charge in [0.25, 0.3) is 5.91 Å². The largest absolute Gasteiger partial charge is 0.312 e. The molecule has 0 unspecified atom stereocenters. The molecule has 9 heteroatoms. The summed E-state index contributed by atoms with van der Waals surface area (Å²) < 4.78 is 2.65. The van der Waals surface area contributed by atoms with Crippen molar-refractivity contribution < 1.29 is 9.72 Å². The van der Waals surface area contributed by atoms with Gasteiger partial charge in [-0.2, -0.15) is 5.10 Å². The lowest BCUT2D eigenvalue weighted by molar-refractivity contribution is -0.386. The number of hydrogen-bond donors (Lipinski definition) is 0. The van der Waals surface area contributed by atoms with Gasteiger partial charge in [0.2, 0.25) is 0 Å². The van der Waals surface area contributed by atoms with Crippen LogP contribution in [0.5, 0.6) is 0 Å². The van der Waals surface area contributed by atoms with E-state index < -0.39 is 4.92 Å². The summed E-state index contributed by atoms with van der Waals surface area (Å²) in [6, 6.07) is 15.1. The molecule has 0 bridgehead atoms. The Morgan fingerprint density at radius 3 is 2.48 bits per heavy atom. The lowest BCUT2D eigenvalue weighted by atomic mass is 10.1. The topological polar surface area (TPSA) is 94.2 Å². The lowest BCUT2D eigenvalue weighted by Crippen LogP contribution is -2.30. The van der Waals surface area contributed by atoms with Gasteiger partial charge in [-0.1, -0.05) is 35.6 Å². The molecule has 1 amide bonds. The van der Waals surface area contributed by atoms with Crippen molar-refractivity contribution >= 4 is 38.3 Å². The molecule has 0 atom stereocenters. The summed E-state index contributed by atoms with van der Waals surface area (Å²) in [5.74, 6) is -0.116. The normalized spacial score (nSPS) is 11.1. The number of carbonyl (C=O) groups is 1. The second-order valence-corrected chi connectivity index (χ2v) is 8.15. The Balaban J connectivity index is 1.55. The van der Waals surface area contributed by atoms with Crippen LogP contribution in [0, 0.1) is 24.0 Å². The van der Waals surface area contributed by atoms with Crippen LogP contribution in [-0.2, 0) is 6.54 Å². The van der Waals surface area contributed by atoms with Gasteiger partial charge in [0.05, 0.1) is 21.7 Å². The first-order chi connectivity index (χ1) is 14.9. The van der Waals surface area contributed by atoms with E-state index in [2.05, 4.69) is 10.1 Å². The first kappa shape index (κ1) is 20.7. The number of nitrogens with zero attached hydrogens (tertiary/aromatic N) is 5. The highest BCUT2D eigenvalue weighted by Gasteiger charge is 2.22. The van der Waals surface area contributed by atoms with E-state index >= 15 is 0 Å². The number of aromatic nitrogens is 3. The third-order valence-corrected chi connectivity index (χ3v) is 6.19. The van der Waals surface area contributed by atoms with Crippen LogP contribution in [0.15, 0.2) is 48.5 Å². The monoisotopic (exact) mass is 435 g/mol. The van der Waals surface area contributed by atoms with Crippen LogP contribution in [0.2, 0.25) is 0 Å². The summed E-state index contributed by atoms with van der Waals surface area (Å²) in [5.41, 5.74) is 3.29. The molecule has 158 valence electrons. The zero-order valence-corrected chi connectivity index (χ0v) is 18.2. The zero-order chi connectivity index (χ0) is 22.1. The number of fused-ring (bicyclic) bond motifs is 1. The highest BCUT2D eigenvalue weighted by Crippen LogP contribution is 2.29. The van der Waals surface area contributed by atoms with Gasteiger partial charge in [0.15, 0.2) is 5.13 Å². The zero-order valence-electron chi connectivity index (χ0n) is 17.4. The second-order valence-electron chi connectivity index (χ2n) is 7.14. The Kier molecular flexibility index (Phi) is 5.51. The Hall–Kier alpha value is -3.59. The predicted molar refractivity (Wildman–Crippen MR) is 121 cm³/mol. The standard InChI is InChI=1S/C22H21N5O3S/c1-4-25(22-23-18-7-5-6-8-19(18)31-22)21(28)17-11-9-16(10-12-17)13-26-15(3)20(27(29)30)14(2)24-26/h5-12H,4,13H2,1-3H3. The number of carbonyl (C=O) groups excluding carboxylic acids is 1. The maximum Gasteiger partial charge on any atom is 0.312 e. The molecule has 0 saturated carbocycles. The minimum absolute atomic E-state index is 0.0428. The van der Waals surface area contributed by atoms with Crippen molar-refractivity contribution in [3.8, 4) is 0 Å². The minimum atomic E-state index is -0.405. The smallest absolute Gasteiger partial charge is 0.284 e. The molecule has 31 heavy (non-hydrogen) atoms. The van der Waals surface area contributed by atoms with Gasteiger partial charge in [-0.15, -0.1) is 0 Å². The number of amides is 1. The van der Waals surface area contributed by atoms with Crippen molar-refractivity contribution in [2.45, 2.75) is 27.3 Å². The van der Waals surface area contributed by atoms with Crippen molar-refractivity contribution in [1.82, 2.24) is 14.8 Å². The number of benzene rings is 2. The molecular weight excluding hydrogens is 414 g/mol. The molecule has 0 fully saturated rings. The van der Waals surface area contributed by atoms with Gasteiger partial charge in [-0.25, -0.2) is 4.98 Å². The van der Waals surface area contributed by atoms with Crippen molar-refractivity contribution in [3.63, 3.8) is 0 Å². The lowest BCUT2D eigenvalue weighted by Gasteiger charge is -2.17. The molecule has 4 rings (SSSR count). The average molecular weight is 436 g/mol. The molecule has 0 aliphatic rings. The molecular formula is C22H21N5O3S. The maximum atomic E-state index is 13.1. The van der Waals surface area contributed by atoms with Crippen LogP contribution in [0.3, 0.4) is 0 Å². The number of hydrogen-bond acceptors (Lipinski definition) is 6. The third-order valence-electron chi connectivity index (χ3n) is 5.13. The highest BCUT2D eigenvalue weighted by atomic mass is 32.1. The molecule has 0 radical (unpaired) electrons. The Morgan fingerprint density at radius 2 is 1.87 bits per heavy atom. The van der Waals surface area contributed by atoms with E-state index in [4.69, 9.17) is 0 Å². The van der Waals surface area contributed by atoms with Crippen LogP contribution < -0.4 is 4.90 Å². The molecule has 0 aliphatic heterocycles. The van der Waals surface area contributed by atoms with Crippen molar-refractivity contribution in [2.24, 2.45) is 0 Å². The summed E-state index contributed by atoms with van der Waals surface area (Å²) in [6.07, 6.45) is 0. The average Bonchev–Trinajstić information content (AvgIpc) is 3.29. The van der Waals surface area contributed by atoms with E-state index in [0.29, 0.717) is 35.2 Å². The number of rotatable bonds is 6. The van der Waals surface area contributed by atoms with Crippen LogP contribution >= 0.6 is 11.3 Å². The van der Waals surface area contributed by atoms with Gasteiger partial charge >= 0.3 is 5.69 Å². The molecule has 0 aliphatic carbocycles. The summed E-state index contributed by atoms with van der Waals surface area (Å²) >= 11 is 1.49. The van der Waals surface area contributed by atoms with Crippen molar-refractivity contribution in [2.75, 3.05) is 11.4 Å². The molecule has 0 spiro atoms. The number of aryl methyl sites for hydroxylation is 1. The molecule has 0 N–H and O–H groups in total. The minimum Gasteiger partial charge on any atom is -0.284 e. The van der Waals surface area contributed by atoms with E-state index in [0.717, 1.165) is 15.8 Å². The second kappa shape index (κ2) is 8.27. The number of anilines is 1. The molecule has 2 aromatic heterocycles. The Bertz CT molecular complexity index is 1240. The van der Waals surface area contributed by atoms with E-state index in [1.807, 2.05) is 43.3 Å². The quantitative estimate of drug-likeness (QED) is 0.322.